The lowest BCUT2D eigenvalue weighted by molar-refractivity contribution is 0.621. The molecular formula is C9H8Br2N4. The first-order chi connectivity index (χ1) is 7.29. The average molecular weight is 332 g/mol. The Balaban J connectivity index is 2.18. The molecule has 0 atom stereocenters. The Bertz CT molecular complexity index is 438. The summed E-state index contributed by atoms with van der Waals surface area (Å²) in [6.07, 6.45) is 3.52. The van der Waals surface area contributed by atoms with Gasteiger partial charge in [-0.25, -0.2) is 4.68 Å². The monoisotopic (exact) mass is 330 g/mol. The molecule has 78 valence electrons. The van der Waals surface area contributed by atoms with Gasteiger partial charge in [-0.3, -0.25) is 4.98 Å². The molecule has 0 aromatic carbocycles. The fourth-order valence-corrected chi connectivity index (χ4v) is 1.84. The van der Waals surface area contributed by atoms with Crippen LogP contribution in [0.1, 0.15) is 11.4 Å². The van der Waals surface area contributed by atoms with Gasteiger partial charge in [-0.2, -0.15) is 0 Å². The molecule has 15 heavy (non-hydrogen) atoms. The van der Waals surface area contributed by atoms with Crippen molar-refractivity contribution in [2.24, 2.45) is 0 Å². The molecule has 2 rings (SSSR count). The van der Waals surface area contributed by atoms with Gasteiger partial charge >= 0.3 is 0 Å². The number of hydrogen-bond acceptors (Lipinski definition) is 3. The number of hydrogen-bond donors (Lipinski definition) is 0. The number of aromatic nitrogens is 4. The third-order valence-electron chi connectivity index (χ3n) is 1.94. The molecule has 0 bridgehead atoms. The molecule has 6 heteroatoms. The maximum absolute atomic E-state index is 4.28. The summed E-state index contributed by atoms with van der Waals surface area (Å²) in [5, 5.41) is 8.59. The van der Waals surface area contributed by atoms with Crippen LogP contribution in [0.5, 0.6) is 0 Å². The molecule has 0 unspecified atom stereocenters. The first-order valence-corrected chi connectivity index (χ1v) is 6.25. The molecule has 0 saturated carbocycles. The van der Waals surface area contributed by atoms with Crippen molar-refractivity contribution in [3.05, 3.63) is 40.4 Å². The zero-order valence-electron chi connectivity index (χ0n) is 7.77. The molecule has 0 aliphatic heterocycles. The van der Waals surface area contributed by atoms with Crippen LogP contribution in [-0.4, -0.2) is 20.0 Å². The van der Waals surface area contributed by atoms with Gasteiger partial charge in [0.2, 0.25) is 0 Å². The SMILES string of the molecule is BrCc1cnnn1Cc1ccc(Br)cn1. The highest BCUT2D eigenvalue weighted by Gasteiger charge is 2.03. The smallest absolute Gasteiger partial charge is 0.0852 e. The second-order valence-electron chi connectivity index (χ2n) is 2.98. The Morgan fingerprint density at radius 1 is 1.27 bits per heavy atom. The molecule has 0 aliphatic carbocycles. The minimum atomic E-state index is 0.647. The molecule has 0 radical (unpaired) electrons. The summed E-state index contributed by atoms with van der Waals surface area (Å²) in [5.74, 6) is 0. The van der Waals surface area contributed by atoms with Crippen molar-refractivity contribution in [2.45, 2.75) is 11.9 Å². The zero-order valence-corrected chi connectivity index (χ0v) is 10.9. The first-order valence-electron chi connectivity index (χ1n) is 4.33. The van der Waals surface area contributed by atoms with Crippen molar-refractivity contribution >= 4 is 31.9 Å². The van der Waals surface area contributed by atoms with E-state index in [4.69, 9.17) is 0 Å². The zero-order chi connectivity index (χ0) is 10.7. The van der Waals surface area contributed by atoms with Gasteiger partial charge in [-0.1, -0.05) is 21.1 Å². The van der Waals surface area contributed by atoms with Crippen LogP contribution in [0.15, 0.2) is 29.0 Å². The molecule has 0 aliphatic rings. The third kappa shape index (κ3) is 2.63. The maximum atomic E-state index is 4.28. The Hall–Kier alpha value is -0.750. The summed E-state index contributed by atoms with van der Waals surface area (Å²) < 4.78 is 2.80. The lowest BCUT2D eigenvalue weighted by Crippen LogP contribution is -2.06. The van der Waals surface area contributed by atoms with E-state index in [0.717, 1.165) is 21.2 Å². The first kappa shape index (κ1) is 10.8. The average Bonchev–Trinajstić information content (AvgIpc) is 2.69. The molecule has 2 aromatic heterocycles. The highest BCUT2D eigenvalue weighted by atomic mass is 79.9. The Kier molecular flexibility index (Phi) is 3.48. The summed E-state index contributed by atoms with van der Waals surface area (Å²) in [5.41, 5.74) is 2.01. The molecule has 0 spiro atoms. The minimum absolute atomic E-state index is 0.647. The van der Waals surface area contributed by atoms with Crippen molar-refractivity contribution in [2.75, 3.05) is 0 Å². The maximum Gasteiger partial charge on any atom is 0.0852 e. The fraction of sp³-hybridized carbons (Fsp3) is 0.222. The number of halogens is 2. The molecule has 0 saturated heterocycles. The van der Waals surface area contributed by atoms with Crippen molar-refractivity contribution in [1.82, 2.24) is 20.0 Å². The van der Waals surface area contributed by atoms with E-state index in [2.05, 4.69) is 47.2 Å². The van der Waals surface area contributed by atoms with Gasteiger partial charge in [-0.05, 0) is 28.1 Å². The molecule has 0 N–H and O–H groups in total. The largest absolute Gasteiger partial charge is 0.258 e. The van der Waals surface area contributed by atoms with Gasteiger partial charge in [0.05, 0.1) is 24.1 Å². The van der Waals surface area contributed by atoms with Gasteiger partial charge in [0.15, 0.2) is 0 Å². The predicted molar refractivity (Wildman–Crippen MR) is 63.7 cm³/mol. The molecule has 0 amide bonds. The Labute approximate surface area is 104 Å². The van der Waals surface area contributed by atoms with Crippen molar-refractivity contribution in [3.8, 4) is 0 Å². The lowest BCUT2D eigenvalue weighted by atomic mass is 10.3. The van der Waals surface area contributed by atoms with E-state index in [0.29, 0.717) is 6.54 Å². The van der Waals surface area contributed by atoms with E-state index in [1.165, 1.54) is 0 Å². The Morgan fingerprint density at radius 2 is 2.13 bits per heavy atom. The minimum Gasteiger partial charge on any atom is -0.258 e. The van der Waals surface area contributed by atoms with Gasteiger partial charge in [-0.15, -0.1) is 5.10 Å². The van der Waals surface area contributed by atoms with Crippen LogP contribution < -0.4 is 0 Å². The molecule has 4 nitrogen and oxygen atoms in total. The topological polar surface area (TPSA) is 43.6 Å². The molecule has 2 heterocycles. The van der Waals surface area contributed by atoms with E-state index in [1.807, 2.05) is 16.8 Å². The van der Waals surface area contributed by atoms with Gasteiger partial charge < -0.3 is 0 Å². The number of pyridine rings is 1. The number of rotatable bonds is 3. The lowest BCUT2D eigenvalue weighted by Gasteiger charge is -2.03. The van der Waals surface area contributed by atoms with E-state index in [9.17, 15) is 0 Å². The van der Waals surface area contributed by atoms with Crippen molar-refractivity contribution < 1.29 is 0 Å². The van der Waals surface area contributed by atoms with Crippen molar-refractivity contribution in [3.63, 3.8) is 0 Å². The Morgan fingerprint density at radius 3 is 2.80 bits per heavy atom. The quantitative estimate of drug-likeness (QED) is 0.811. The standard InChI is InChI=1S/C9H8Br2N4/c10-3-9-5-13-14-15(9)6-8-2-1-7(11)4-12-8/h1-2,4-5H,3,6H2. The van der Waals surface area contributed by atoms with E-state index in [-0.39, 0.29) is 0 Å². The summed E-state index contributed by atoms with van der Waals surface area (Å²) >= 11 is 6.73. The van der Waals surface area contributed by atoms with E-state index < -0.39 is 0 Å². The highest BCUT2D eigenvalue weighted by Crippen LogP contribution is 2.09. The fourth-order valence-electron chi connectivity index (χ4n) is 1.17. The van der Waals surface area contributed by atoms with E-state index in [1.54, 1.807) is 12.4 Å². The predicted octanol–water partition coefficient (Wildman–Crippen LogP) is 2.38. The normalized spacial score (nSPS) is 10.5. The number of alkyl halides is 1. The highest BCUT2D eigenvalue weighted by molar-refractivity contribution is 9.10. The van der Waals surface area contributed by atoms with Gasteiger partial charge in [0, 0.05) is 16.0 Å². The van der Waals surface area contributed by atoms with Crippen LogP contribution in [0.4, 0.5) is 0 Å². The second-order valence-corrected chi connectivity index (χ2v) is 4.46. The third-order valence-corrected chi connectivity index (χ3v) is 2.98. The van der Waals surface area contributed by atoms with Crippen LogP contribution >= 0.6 is 31.9 Å². The van der Waals surface area contributed by atoms with Crippen LogP contribution in [0.2, 0.25) is 0 Å². The summed E-state index contributed by atoms with van der Waals surface area (Å²) in [6, 6.07) is 3.93. The number of nitrogens with zero attached hydrogens (tertiary/aromatic N) is 4. The molecule has 0 fully saturated rings. The van der Waals surface area contributed by atoms with Crippen LogP contribution in [-0.2, 0) is 11.9 Å². The summed E-state index contributed by atoms with van der Waals surface area (Å²) in [6.45, 7) is 0.647. The summed E-state index contributed by atoms with van der Waals surface area (Å²) in [4.78, 5) is 4.28. The van der Waals surface area contributed by atoms with Crippen LogP contribution in [0.25, 0.3) is 0 Å². The van der Waals surface area contributed by atoms with Gasteiger partial charge in [0.25, 0.3) is 0 Å². The van der Waals surface area contributed by atoms with Crippen molar-refractivity contribution in [1.29, 1.82) is 0 Å². The van der Waals surface area contributed by atoms with E-state index >= 15 is 0 Å². The van der Waals surface area contributed by atoms with Crippen LogP contribution in [0, 0.1) is 0 Å². The molecular weight excluding hydrogens is 324 g/mol. The van der Waals surface area contributed by atoms with Gasteiger partial charge in [0.1, 0.15) is 0 Å². The van der Waals surface area contributed by atoms with Crippen LogP contribution in [0.3, 0.4) is 0 Å². The summed E-state index contributed by atoms with van der Waals surface area (Å²) in [7, 11) is 0. The second kappa shape index (κ2) is 4.85. The molecule has 2 aromatic rings.